The Labute approximate surface area is 184 Å². The van der Waals surface area contributed by atoms with Crippen LogP contribution in [0.5, 0.6) is 0 Å². The van der Waals surface area contributed by atoms with Crippen molar-refractivity contribution in [2.45, 2.75) is 56.1 Å². The molecule has 1 aromatic rings. The lowest BCUT2D eigenvalue weighted by Gasteiger charge is -2.44. The van der Waals surface area contributed by atoms with Crippen molar-refractivity contribution in [1.29, 1.82) is 0 Å². The summed E-state index contributed by atoms with van der Waals surface area (Å²) in [5.41, 5.74) is -3.15. The number of carbonyl (C=O) groups is 1. The van der Waals surface area contributed by atoms with Gasteiger partial charge in [0.2, 0.25) is 16.0 Å². The van der Waals surface area contributed by atoms with E-state index >= 15 is 0 Å². The predicted octanol–water partition coefficient (Wildman–Crippen LogP) is 2.26. The molecule has 0 aromatic heterocycles. The number of nitrogens with one attached hydrogen (secondary N) is 1. The number of sulfonamides is 1. The van der Waals surface area contributed by atoms with Crippen molar-refractivity contribution in [1.82, 2.24) is 9.62 Å². The first kappa shape index (κ1) is 23.9. The van der Waals surface area contributed by atoms with Crippen LogP contribution in [-0.4, -0.2) is 60.8 Å². The summed E-state index contributed by atoms with van der Waals surface area (Å²) in [5.74, 6) is -1.21. The van der Waals surface area contributed by atoms with Crippen LogP contribution in [0.25, 0.3) is 0 Å². The van der Waals surface area contributed by atoms with Gasteiger partial charge in [0.1, 0.15) is 16.7 Å². The second-order valence-corrected chi connectivity index (χ2v) is 10.9. The number of guanidine groups is 1. The van der Waals surface area contributed by atoms with E-state index in [1.807, 2.05) is 0 Å². The molecule has 1 heterocycles. The highest BCUT2D eigenvalue weighted by atomic mass is 32.2. The van der Waals surface area contributed by atoms with Gasteiger partial charge in [-0.15, -0.1) is 4.99 Å². The monoisotopic (exact) mass is 472 g/mol. The number of ether oxygens (including phenoxy) is 2. The van der Waals surface area contributed by atoms with E-state index in [1.54, 1.807) is 20.8 Å². The zero-order valence-corrected chi connectivity index (χ0v) is 19.1. The normalized spacial score (nSPS) is 28.2. The molecule has 0 spiro atoms. The Morgan fingerprint density at radius 3 is 2.62 bits per heavy atom. The minimum absolute atomic E-state index is 0.0119. The maximum absolute atomic E-state index is 15.0. The molecule has 1 saturated heterocycles. The van der Waals surface area contributed by atoms with Crippen molar-refractivity contribution in [2.75, 3.05) is 14.2 Å². The Balaban J connectivity index is 2.20. The van der Waals surface area contributed by atoms with Gasteiger partial charge < -0.3 is 14.8 Å². The number of nitro benzene ring substituents is 1. The Hall–Kier alpha value is -2.80. The Bertz CT molecular complexity index is 1090. The highest BCUT2D eigenvalue weighted by molar-refractivity contribution is 7.90. The summed E-state index contributed by atoms with van der Waals surface area (Å²) in [6.07, 6.45) is -1.64. The SMILES string of the molecule is COC1CC2C(c3cc([N+](=O)[O-])ccc3F)(C1)N/C(=N\C(=O)OC(C)(C)C)N(C)S2(=O)=O. The zero-order valence-electron chi connectivity index (χ0n) is 18.3. The number of rotatable bonds is 3. The third-order valence-corrected chi connectivity index (χ3v) is 7.77. The van der Waals surface area contributed by atoms with E-state index < -0.39 is 55.0 Å². The number of fused-ring (bicyclic) bond motifs is 1. The molecule has 176 valence electrons. The molecule has 2 fully saturated rings. The van der Waals surface area contributed by atoms with Crippen molar-refractivity contribution in [2.24, 2.45) is 4.99 Å². The van der Waals surface area contributed by atoms with E-state index in [4.69, 9.17) is 9.47 Å². The number of nitrogens with zero attached hydrogens (tertiary/aromatic N) is 3. The van der Waals surface area contributed by atoms with Crippen LogP contribution >= 0.6 is 0 Å². The molecule has 11 nitrogen and oxygen atoms in total. The Morgan fingerprint density at radius 2 is 2.06 bits per heavy atom. The number of nitro groups is 1. The summed E-state index contributed by atoms with van der Waals surface area (Å²) in [4.78, 5) is 26.7. The summed E-state index contributed by atoms with van der Waals surface area (Å²) in [6, 6.07) is 2.91. The van der Waals surface area contributed by atoms with E-state index in [0.717, 1.165) is 22.5 Å². The van der Waals surface area contributed by atoms with Gasteiger partial charge in [0, 0.05) is 38.3 Å². The van der Waals surface area contributed by atoms with Gasteiger partial charge in [0.05, 0.1) is 16.6 Å². The number of aliphatic imine (C=N–C) groups is 1. The average molecular weight is 472 g/mol. The first-order chi connectivity index (χ1) is 14.7. The second-order valence-electron chi connectivity index (χ2n) is 8.73. The average Bonchev–Trinajstić information content (AvgIpc) is 3.05. The van der Waals surface area contributed by atoms with Gasteiger partial charge in [0.25, 0.3) is 5.69 Å². The minimum atomic E-state index is -4.16. The van der Waals surface area contributed by atoms with Gasteiger partial charge in [-0.1, -0.05) is 0 Å². The van der Waals surface area contributed by atoms with Gasteiger partial charge in [-0.05, 0) is 33.3 Å². The van der Waals surface area contributed by atoms with Crippen molar-refractivity contribution < 1.29 is 32.0 Å². The molecule has 0 radical (unpaired) electrons. The van der Waals surface area contributed by atoms with Gasteiger partial charge in [-0.3, -0.25) is 10.1 Å². The van der Waals surface area contributed by atoms with E-state index in [2.05, 4.69) is 10.3 Å². The first-order valence-corrected chi connectivity index (χ1v) is 11.3. The maximum atomic E-state index is 15.0. The number of hydrogen-bond acceptors (Lipinski definition) is 7. The van der Waals surface area contributed by atoms with Gasteiger partial charge in [-0.2, -0.15) is 0 Å². The van der Waals surface area contributed by atoms with Crippen LogP contribution in [0.15, 0.2) is 23.2 Å². The van der Waals surface area contributed by atoms with Gasteiger partial charge >= 0.3 is 6.09 Å². The molecule has 2 aliphatic rings. The number of non-ortho nitro benzene ring substituents is 1. The van der Waals surface area contributed by atoms with Crippen molar-refractivity contribution in [3.05, 3.63) is 39.7 Å². The van der Waals surface area contributed by atoms with Crippen LogP contribution in [0.3, 0.4) is 0 Å². The minimum Gasteiger partial charge on any atom is -0.442 e. The standard InChI is InChI=1S/C19H25FN4O7S/c1-18(2,3)31-17(25)21-16-22-19(13-8-11(24(26)27)6-7-14(13)20)10-12(30-5)9-15(19)32(28,29)23(16)4/h6-8,12,15H,9-10H2,1-5H3,(H,21,22,25). The molecule has 32 heavy (non-hydrogen) atoms. The number of benzene rings is 1. The quantitative estimate of drug-likeness (QED) is 0.522. The second kappa shape index (κ2) is 7.96. The molecule has 1 aromatic carbocycles. The van der Waals surface area contributed by atoms with Crippen molar-refractivity contribution in [3.8, 4) is 0 Å². The van der Waals surface area contributed by atoms with E-state index in [1.165, 1.54) is 14.2 Å². The third-order valence-electron chi connectivity index (χ3n) is 5.52. The molecule has 1 amide bonds. The fourth-order valence-corrected chi connectivity index (χ4v) is 6.04. The molecule has 3 unspecified atom stereocenters. The molecule has 1 saturated carbocycles. The van der Waals surface area contributed by atoms with Gasteiger partial charge in [0.15, 0.2) is 0 Å². The van der Waals surface area contributed by atoms with Crippen LogP contribution in [0.1, 0.15) is 39.2 Å². The smallest absolute Gasteiger partial charge is 0.437 e. The van der Waals surface area contributed by atoms with Crippen LogP contribution in [0.2, 0.25) is 0 Å². The number of hydrogen-bond donors (Lipinski definition) is 1. The summed E-state index contributed by atoms with van der Waals surface area (Å²) >= 11 is 0. The van der Waals surface area contributed by atoms with Crippen LogP contribution in [-0.2, 0) is 25.0 Å². The van der Waals surface area contributed by atoms with E-state index in [-0.39, 0.29) is 24.4 Å². The fraction of sp³-hybridized carbons (Fsp3) is 0.579. The summed E-state index contributed by atoms with van der Waals surface area (Å²) in [5, 5.41) is 13.0. The molecule has 1 N–H and O–H groups in total. The van der Waals surface area contributed by atoms with E-state index in [9.17, 15) is 27.7 Å². The number of carbonyl (C=O) groups excluding carboxylic acids is 1. The predicted molar refractivity (Wildman–Crippen MR) is 112 cm³/mol. The van der Waals surface area contributed by atoms with Crippen molar-refractivity contribution in [3.63, 3.8) is 0 Å². The summed E-state index contributed by atoms with van der Waals surface area (Å²) in [7, 11) is -1.56. The lowest BCUT2D eigenvalue weighted by molar-refractivity contribution is -0.385. The Kier molecular flexibility index (Phi) is 5.93. The highest BCUT2D eigenvalue weighted by Gasteiger charge is 2.61. The zero-order chi connectivity index (χ0) is 24.1. The molecule has 13 heteroatoms. The molecule has 1 aliphatic carbocycles. The largest absolute Gasteiger partial charge is 0.442 e. The number of halogens is 1. The van der Waals surface area contributed by atoms with Gasteiger partial charge in [-0.25, -0.2) is 21.9 Å². The number of amides is 1. The topological polar surface area (TPSA) is 140 Å². The van der Waals surface area contributed by atoms with Crippen molar-refractivity contribution >= 4 is 27.8 Å². The third kappa shape index (κ3) is 4.13. The van der Waals surface area contributed by atoms with Crippen LogP contribution < -0.4 is 5.32 Å². The molecular formula is C19H25FN4O7S. The Morgan fingerprint density at radius 1 is 1.41 bits per heavy atom. The maximum Gasteiger partial charge on any atom is 0.437 e. The lowest BCUT2D eigenvalue weighted by Crippen LogP contribution is -2.65. The molecule has 1 aliphatic heterocycles. The summed E-state index contributed by atoms with van der Waals surface area (Å²) < 4.78 is 53.1. The van der Waals surface area contributed by atoms with Crippen LogP contribution in [0, 0.1) is 15.9 Å². The fourth-order valence-electron chi connectivity index (χ4n) is 4.08. The molecule has 3 rings (SSSR count). The highest BCUT2D eigenvalue weighted by Crippen LogP contribution is 2.48. The lowest BCUT2D eigenvalue weighted by atomic mass is 9.86. The summed E-state index contributed by atoms with van der Waals surface area (Å²) in [6.45, 7) is 4.86. The molecular weight excluding hydrogens is 447 g/mol. The first-order valence-electron chi connectivity index (χ1n) is 9.76. The molecule has 3 atom stereocenters. The molecule has 0 bridgehead atoms. The van der Waals surface area contributed by atoms with Crippen LogP contribution in [0.4, 0.5) is 14.9 Å². The van der Waals surface area contributed by atoms with E-state index in [0.29, 0.717) is 0 Å². The number of methoxy groups -OCH3 is 1.